The number of alkyl halides is 6. The fourth-order valence-corrected chi connectivity index (χ4v) is 7.27. The number of sulfonamides is 1. The van der Waals surface area contributed by atoms with E-state index in [-0.39, 0.29) is 35.9 Å². The smallest absolute Gasteiger partial charge is 0.417 e. The lowest BCUT2D eigenvalue weighted by atomic mass is 10.0. The Hall–Kier alpha value is -3.75. The summed E-state index contributed by atoms with van der Waals surface area (Å²) in [6, 6.07) is 11.0. The van der Waals surface area contributed by atoms with E-state index in [9.17, 15) is 39.6 Å². The molecular formula is C30H26ClF6N3O4S. The average molecular weight is 674 g/mol. The first kappa shape index (κ1) is 32.6. The second-order valence-electron chi connectivity index (χ2n) is 10.5. The molecule has 0 radical (unpaired) electrons. The third-order valence-corrected chi connectivity index (χ3v) is 9.76. The number of benzene rings is 3. The van der Waals surface area contributed by atoms with Gasteiger partial charge in [0.15, 0.2) is 0 Å². The van der Waals surface area contributed by atoms with E-state index in [4.69, 9.17) is 16.3 Å². The van der Waals surface area contributed by atoms with Crippen LogP contribution in [0.5, 0.6) is 0 Å². The molecule has 2 aliphatic rings. The van der Waals surface area contributed by atoms with Crippen LogP contribution in [-0.4, -0.2) is 65.2 Å². The summed E-state index contributed by atoms with van der Waals surface area (Å²) in [5, 5.41) is -0.138. The van der Waals surface area contributed by atoms with Crippen molar-refractivity contribution in [3.63, 3.8) is 0 Å². The first-order chi connectivity index (χ1) is 21.1. The van der Waals surface area contributed by atoms with Crippen LogP contribution < -0.4 is 9.21 Å². The number of esters is 1. The summed E-state index contributed by atoms with van der Waals surface area (Å²) in [4.78, 5) is 15.1. The summed E-state index contributed by atoms with van der Waals surface area (Å²) >= 11 is 6.08. The van der Waals surface area contributed by atoms with Gasteiger partial charge < -0.3 is 9.64 Å². The molecule has 0 aliphatic carbocycles. The van der Waals surface area contributed by atoms with Crippen molar-refractivity contribution >= 4 is 51.1 Å². The number of carbonyl (C=O) groups excluding carboxylic acids is 1. The topological polar surface area (TPSA) is 70.2 Å². The van der Waals surface area contributed by atoms with Crippen molar-refractivity contribution in [2.45, 2.75) is 23.3 Å². The van der Waals surface area contributed by atoms with Gasteiger partial charge >= 0.3 is 18.3 Å². The summed E-state index contributed by atoms with van der Waals surface area (Å²) < 4.78 is 115. The number of nitrogens with zero attached hydrogens (tertiary/aromatic N) is 3. The van der Waals surface area contributed by atoms with E-state index in [0.29, 0.717) is 30.4 Å². The van der Waals surface area contributed by atoms with E-state index in [2.05, 4.69) is 0 Å². The van der Waals surface area contributed by atoms with E-state index in [1.807, 2.05) is 4.90 Å². The Morgan fingerprint density at radius 3 is 2.36 bits per heavy atom. The quantitative estimate of drug-likeness (QED) is 0.171. The molecule has 45 heavy (non-hydrogen) atoms. The Kier molecular flexibility index (Phi) is 8.86. The molecule has 3 aromatic carbocycles. The number of carbonyl (C=O) groups is 1. The maximum Gasteiger partial charge on any atom is 0.417 e. The van der Waals surface area contributed by atoms with E-state index in [1.165, 1.54) is 37.5 Å². The van der Waals surface area contributed by atoms with Gasteiger partial charge in [-0.1, -0.05) is 42.0 Å². The van der Waals surface area contributed by atoms with Crippen LogP contribution in [0, 0.1) is 0 Å². The fraction of sp³-hybridized carbons (Fsp3) is 0.300. The van der Waals surface area contributed by atoms with Crippen LogP contribution in [-0.2, 0) is 31.9 Å². The van der Waals surface area contributed by atoms with E-state index < -0.39 is 50.4 Å². The molecule has 1 fully saturated rings. The largest absolute Gasteiger partial charge is 0.468 e. The van der Waals surface area contributed by atoms with Crippen LogP contribution >= 0.6 is 11.6 Å². The third-order valence-electron chi connectivity index (χ3n) is 7.65. The highest BCUT2D eigenvalue weighted by atomic mass is 35.5. The summed E-state index contributed by atoms with van der Waals surface area (Å²) in [5.41, 5.74) is -1.44. The number of fused-ring (bicyclic) bond motifs is 3. The number of rotatable bonds is 6. The molecule has 0 amide bonds. The standard InChI is InChI=1S/C30H26ClF6N3O4S/c1-44-28(41)18-38-12-13-39-21(16-38)17-40(45(42,43)22-5-2-4-20(15-22)29(32,33)34)27-14-19(9-11-26(27)39)8-10-23-24(30(35,36)37)6-3-7-25(23)31/h2-11,14-15,21H,12-13,16-18H2,1H3/b10-8+/t21-/m1/s1. The van der Waals surface area contributed by atoms with Gasteiger partial charge in [0.1, 0.15) is 0 Å². The summed E-state index contributed by atoms with van der Waals surface area (Å²) in [5.74, 6) is -0.475. The molecule has 0 aromatic heterocycles. The average Bonchev–Trinajstić information content (AvgIpc) is 2.98. The minimum atomic E-state index is -4.79. The number of methoxy groups -OCH3 is 1. The van der Waals surface area contributed by atoms with Gasteiger partial charge in [-0.15, -0.1) is 0 Å². The molecule has 0 bridgehead atoms. The Labute approximate surface area is 260 Å². The second-order valence-corrected chi connectivity index (χ2v) is 12.8. The molecule has 15 heteroatoms. The van der Waals surface area contributed by atoms with E-state index in [1.54, 1.807) is 17.0 Å². The highest BCUT2D eigenvalue weighted by Crippen LogP contribution is 2.42. The molecule has 3 aromatic rings. The Bertz CT molecular complexity index is 1750. The molecule has 1 atom stereocenters. The van der Waals surface area contributed by atoms with Gasteiger partial charge in [-0.3, -0.25) is 14.0 Å². The lowest BCUT2D eigenvalue weighted by Gasteiger charge is -2.49. The van der Waals surface area contributed by atoms with Gasteiger partial charge in [-0.25, -0.2) is 8.42 Å². The van der Waals surface area contributed by atoms with Crippen LogP contribution in [0.4, 0.5) is 37.7 Å². The van der Waals surface area contributed by atoms with Gasteiger partial charge in [0.05, 0.1) is 53.6 Å². The zero-order valence-corrected chi connectivity index (χ0v) is 25.1. The normalized spacial score (nSPS) is 17.7. The van der Waals surface area contributed by atoms with Crippen LogP contribution in [0.15, 0.2) is 65.6 Å². The molecule has 0 N–H and O–H groups in total. The lowest BCUT2D eigenvalue weighted by molar-refractivity contribution is -0.142. The van der Waals surface area contributed by atoms with Gasteiger partial charge in [0.2, 0.25) is 0 Å². The number of hydrogen-bond donors (Lipinski definition) is 0. The maximum absolute atomic E-state index is 14.0. The number of hydrogen-bond acceptors (Lipinski definition) is 6. The van der Waals surface area contributed by atoms with Gasteiger partial charge in [0.25, 0.3) is 10.0 Å². The zero-order valence-electron chi connectivity index (χ0n) is 23.6. The van der Waals surface area contributed by atoms with Crippen molar-refractivity contribution < 1.29 is 44.3 Å². The van der Waals surface area contributed by atoms with Crippen molar-refractivity contribution in [1.29, 1.82) is 0 Å². The molecule has 7 nitrogen and oxygen atoms in total. The number of halogens is 7. The predicted molar refractivity (Wildman–Crippen MR) is 157 cm³/mol. The number of ether oxygens (including phenoxy) is 1. The van der Waals surface area contributed by atoms with E-state index in [0.717, 1.165) is 28.6 Å². The molecule has 2 heterocycles. The second kappa shape index (κ2) is 12.2. The van der Waals surface area contributed by atoms with Crippen LogP contribution in [0.25, 0.3) is 12.2 Å². The molecule has 0 saturated carbocycles. The predicted octanol–water partition coefficient (Wildman–Crippen LogP) is 6.42. The molecule has 5 rings (SSSR count). The van der Waals surface area contributed by atoms with Crippen LogP contribution in [0.2, 0.25) is 5.02 Å². The summed E-state index contributed by atoms with van der Waals surface area (Å²) in [6.45, 7) is 0.909. The molecule has 0 unspecified atom stereocenters. The number of piperazine rings is 1. The maximum atomic E-state index is 14.0. The van der Waals surface area contributed by atoms with Gasteiger partial charge in [-0.2, -0.15) is 26.3 Å². The summed E-state index contributed by atoms with van der Waals surface area (Å²) in [6.07, 6.45) is -6.94. The first-order valence-electron chi connectivity index (χ1n) is 13.5. The molecule has 2 aliphatic heterocycles. The first-order valence-corrected chi connectivity index (χ1v) is 15.3. The Morgan fingerprint density at radius 2 is 1.67 bits per heavy atom. The molecule has 0 spiro atoms. The monoisotopic (exact) mass is 673 g/mol. The molecule has 1 saturated heterocycles. The lowest BCUT2D eigenvalue weighted by Crippen LogP contribution is -2.61. The molecule has 240 valence electrons. The zero-order chi connectivity index (χ0) is 32.7. The van der Waals surface area contributed by atoms with Crippen molar-refractivity contribution in [3.05, 3.63) is 87.9 Å². The summed E-state index contributed by atoms with van der Waals surface area (Å²) in [7, 11) is -3.32. The van der Waals surface area contributed by atoms with Gasteiger partial charge in [-0.05, 0) is 48.0 Å². The Morgan fingerprint density at radius 1 is 0.933 bits per heavy atom. The van der Waals surface area contributed by atoms with Crippen molar-refractivity contribution in [2.24, 2.45) is 0 Å². The van der Waals surface area contributed by atoms with Crippen molar-refractivity contribution in [3.8, 4) is 0 Å². The van der Waals surface area contributed by atoms with Crippen LogP contribution in [0.1, 0.15) is 22.3 Å². The van der Waals surface area contributed by atoms with Crippen molar-refractivity contribution in [2.75, 3.05) is 49.0 Å². The fourth-order valence-electron chi connectivity index (χ4n) is 5.48. The number of anilines is 2. The minimum Gasteiger partial charge on any atom is -0.468 e. The molecular weight excluding hydrogens is 648 g/mol. The SMILES string of the molecule is COC(=O)CN1CCN2c3ccc(/C=C/c4c(Cl)cccc4C(F)(F)F)cc3N(S(=O)(=O)c3cccc(C(F)(F)F)c3)C[C@H]2C1. The highest BCUT2D eigenvalue weighted by molar-refractivity contribution is 7.92. The van der Waals surface area contributed by atoms with Gasteiger partial charge in [0, 0.05) is 30.2 Å². The van der Waals surface area contributed by atoms with E-state index >= 15 is 0 Å². The minimum absolute atomic E-state index is 0.0280. The Balaban J connectivity index is 1.58. The van der Waals surface area contributed by atoms with Crippen LogP contribution in [0.3, 0.4) is 0 Å². The highest BCUT2D eigenvalue weighted by Gasteiger charge is 2.41. The van der Waals surface area contributed by atoms with Crippen molar-refractivity contribution in [1.82, 2.24) is 4.90 Å². The third kappa shape index (κ3) is 6.77.